The molecule has 128 valence electrons. The largest absolute Gasteiger partial charge is 0.376 e. The second kappa shape index (κ2) is 7.51. The molecule has 1 aliphatic rings. The molecular weight excluding hydrogens is 340 g/mol. The second-order valence-corrected chi connectivity index (χ2v) is 7.89. The van der Waals surface area contributed by atoms with Crippen molar-refractivity contribution in [1.29, 1.82) is 0 Å². The standard InChI is InChI=1S/C15H21ClN2O4S/c1-11(15(19)17-10-14-7-4-8-22-14)18(23(2,20)21)13-6-3-5-12(16)9-13/h3,5-6,9,11,14H,4,7-8,10H2,1-2H3,(H,17,19)/t11-,14+/m0/s1. The number of carbonyl (C=O) groups excluding carboxylic acids is 1. The van der Waals surface area contributed by atoms with Gasteiger partial charge in [-0.15, -0.1) is 0 Å². The van der Waals surface area contributed by atoms with Gasteiger partial charge in [-0.05, 0) is 38.0 Å². The van der Waals surface area contributed by atoms with Crippen molar-refractivity contribution in [2.75, 3.05) is 23.7 Å². The fourth-order valence-electron chi connectivity index (χ4n) is 2.59. The number of nitrogens with zero attached hydrogens (tertiary/aromatic N) is 1. The quantitative estimate of drug-likeness (QED) is 0.839. The average Bonchev–Trinajstić information content (AvgIpc) is 2.96. The molecule has 1 amide bonds. The normalized spacial score (nSPS) is 19.3. The Kier molecular flexibility index (Phi) is 5.89. The molecule has 1 aliphatic heterocycles. The minimum atomic E-state index is -3.63. The lowest BCUT2D eigenvalue weighted by atomic mass is 10.2. The molecular formula is C15H21ClN2O4S. The van der Waals surface area contributed by atoms with Crippen molar-refractivity contribution in [3.05, 3.63) is 29.3 Å². The van der Waals surface area contributed by atoms with Crippen molar-refractivity contribution in [3.8, 4) is 0 Å². The Bertz CT molecular complexity index is 659. The molecule has 0 bridgehead atoms. The molecule has 0 unspecified atom stereocenters. The monoisotopic (exact) mass is 360 g/mol. The summed E-state index contributed by atoms with van der Waals surface area (Å²) < 4.78 is 30.8. The molecule has 1 saturated heterocycles. The van der Waals surface area contributed by atoms with E-state index < -0.39 is 16.1 Å². The van der Waals surface area contributed by atoms with Crippen molar-refractivity contribution in [3.63, 3.8) is 0 Å². The van der Waals surface area contributed by atoms with Crippen molar-refractivity contribution in [2.45, 2.75) is 31.9 Å². The lowest BCUT2D eigenvalue weighted by Crippen LogP contribution is -2.49. The van der Waals surface area contributed by atoms with Gasteiger partial charge in [0.2, 0.25) is 15.9 Å². The van der Waals surface area contributed by atoms with E-state index in [2.05, 4.69) is 5.32 Å². The number of rotatable bonds is 6. The fraction of sp³-hybridized carbons (Fsp3) is 0.533. The lowest BCUT2D eigenvalue weighted by Gasteiger charge is -2.28. The Morgan fingerprint density at radius 2 is 2.26 bits per heavy atom. The molecule has 0 saturated carbocycles. The van der Waals surface area contributed by atoms with E-state index in [4.69, 9.17) is 16.3 Å². The maximum atomic E-state index is 12.3. The highest BCUT2D eigenvalue weighted by atomic mass is 35.5. The van der Waals surface area contributed by atoms with Crippen LogP contribution in [0.2, 0.25) is 5.02 Å². The van der Waals surface area contributed by atoms with Crippen LogP contribution in [0.4, 0.5) is 5.69 Å². The van der Waals surface area contributed by atoms with Crippen molar-refractivity contribution in [2.24, 2.45) is 0 Å². The van der Waals surface area contributed by atoms with Crippen LogP contribution < -0.4 is 9.62 Å². The average molecular weight is 361 g/mol. The van der Waals surface area contributed by atoms with Crippen LogP contribution in [0.15, 0.2) is 24.3 Å². The summed E-state index contributed by atoms with van der Waals surface area (Å²) >= 11 is 5.93. The molecule has 1 N–H and O–H groups in total. The Balaban J connectivity index is 2.13. The van der Waals surface area contributed by atoms with Crippen molar-refractivity contribution < 1.29 is 17.9 Å². The SMILES string of the molecule is C[C@@H](C(=O)NC[C@H]1CCCO1)N(c1cccc(Cl)c1)S(C)(=O)=O. The number of carbonyl (C=O) groups is 1. The first kappa shape index (κ1) is 18.0. The summed E-state index contributed by atoms with van der Waals surface area (Å²) in [6.45, 7) is 2.64. The molecule has 1 heterocycles. The van der Waals surface area contributed by atoms with E-state index in [0.717, 1.165) is 23.4 Å². The maximum Gasteiger partial charge on any atom is 0.243 e. The third-order valence-corrected chi connectivity index (χ3v) is 5.16. The van der Waals surface area contributed by atoms with Crippen LogP contribution in [0.3, 0.4) is 0 Å². The van der Waals surface area contributed by atoms with E-state index in [9.17, 15) is 13.2 Å². The van der Waals surface area contributed by atoms with E-state index in [1.165, 1.54) is 6.07 Å². The maximum absolute atomic E-state index is 12.3. The minimum absolute atomic E-state index is 0.00371. The van der Waals surface area contributed by atoms with Gasteiger partial charge in [0.1, 0.15) is 6.04 Å². The van der Waals surface area contributed by atoms with Gasteiger partial charge in [0.25, 0.3) is 0 Å². The summed E-state index contributed by atoms with van der Waals surface area (Å²) in [7, 11) is -3.63. The molecule has 0 aliphatic carbocycles. The number of ether oxygens (including phenoxy) is 1. The number of hydrogen-bond donors (Lipinski definition) is 1. The summed E-state index contributed by atoms with van der Waals surface area (Å²) in [4.78, 5) is 12.3. The lowest BCUT2D eigenvalue weighted by molar-refractivity contribution is -0.122. The van der Waals surface area contributed by atoms with Crippen molar-refractivity contribution in [1.82, 2.24) is 5.32 Å². The first-order valence-electron chi connectivity index (χ1n) is 7.43. The van der Waals surface area contributed by atoms with Gasteiger partial charge in [-0.2, -0.15) is 0 Å². The number of sulfonamides is 1. The van der Waals surface area contributed by atoms with Crippen LogP contribution in [0.5, 0.6) is 0 Å². The highest BCUT2D eigenvalue weighted by Crippen LogP contribution is 2.24. The first-order chi connectivity index (χ1) is 10.8. The molecule has 23 heavy (non-hydrogen) atoms. The highest BCUT2D eigenvalue weighted by molar-refractivity contribution is 7.92. The topological polar surface area (TPSA) is 75.7 Å². The number of hydrogen-bond acceptors (Lipinski definition) is 4. The van der Waals surface area contributed by atoms with Crippen molar-refractivity contribution >= 4 is 33.2 Å². The minimum Gasteiger partial charge on any atom is -0.376 e. The highest BCUT2D eigenvalue weighted by Gasteiger charge is 2.29. The number of nitrogens with one attached hydrogen (secondary N) is 1. The van der Waals surface area contributed by atoms with Crippen LogP contribution in [0, 0.1) is 0 Å². The van der Waals surface area contributed by atoms with Crippen LogP contribution in [0.1, 0.15) is 19.8 Å². The van der Waals surface area contributed by atoms with Gasteiger partial charge in [0.15, 0.2) is 0 Å². The zero-order chi connectivity index (χ0) is 17.0. The smallest absolute Gasteiger partial charge is 0.243 e. The Morgan fingerprint density at radius 1 is 1.52 bits per heavy atom. The van der Waals surface area contributed by atoms with Gasteiger partial charge in [0.05, 0.1) is 18.0 Å². The van der Waals surface area contributed by atoms with E-state index in [-0.39, 0.29) is 12.0 Å². The molecule has 0 radical (unpaired) electrons. The van der Waals surface area contributed by atoms with Gasteiger partial charge >= 0.3 is 0 Å². The first-order valence-corrected chi connectivity index (χ1v) is 9.66. The van der Waals surface area contributed by atoms with E-state index in [0.29, 0.717) is 23.9 Å². The van der Waals surface area contributed by atoms with Crippen LogP contribution in [-0.4, -0.2) is 45.9 Å². The summed E-state index contributed by atoms with van der Waals surface area (Å²) in [5.41, 5.74) is 0.361. The van der Waals surface area contributed by atoms with E-state index >= 15 is 0 Å². The van der Waals surface area contributed by atoms with Gasteiger partial charge in [0, 0.05) is 18.2 Å². The Hall–Kier alpha value is -1.31. The zero-order valence-corrected chi connectivity index (χ0v) is 14.7. The van der Waals surface area contributed by atoms with Gasteiger partial charge in [-0.25, -0.2) is 8.42 Å². The Morgan fingerprint density at radius 3 is 2.83 bits per heavy atom. The number of benzene rings is 1. The Labute approximate surface area is 141 Å². The van der Waals surface area contributed by atoms with Crippen LogP contribution in [0.25, 0.3) is 0 Å². The predicted octanol–water partition coefficient (Wildman–Crippen LogP) is 1.79. The zero-order valence-electron chi connectivity index (χ0n) is 13.2. The second-order valence-electron chi connectivity index (χ2n) is 5.59. The summed E-state index contributed by atoms with van der Waals surface area (Å²) in [6.07, 6.45) is 2.95. The van der Waals surface area contributed by atoms with E-state index in [1.807, 2.05) is 0 Å². The molecule has 1 aromatic rings. The molecule has 8 heteroatoms. The third kappa shape index (κ3) is 4.83. The molecule has 1 aromatic carbocycles. The van der Waals surface area contributed by atoms with Crippen LogP contribution >= 0.6 is 11.6 Å². The molecule has 6 nitrogen and oxygen atoms in total. The van der Waals surface area contributed by atoms with Gasteiger partial charge in [-0.1, -0.05) is 17.7 Å². The van der Waals surface area contributed by atoms with Crippen LogP contribution in [-0.2, 0) is 19.6 Å². The number of halogens is 1. The van der Waals surface area contributed by atoms with Gasteiger partial charge in [-0.3, -0.25) is 9.10 Å². The summed E-state index contributed by atoms with van der Waals surface area (Å²) in [5.74, 6) is -0.370. The van der Waals surface area contributed by atoms with E-state index in [1.54, 1.807) is 25.1 Å². The molecule has 0 aromatic heterocycles. The molecule has 2 atom stereocenters. The molecule has 2 rings (SSSR count). The van der Waals surface area contributed by atoms with Gasteiger partial charge < -0.3 is 10.1 Å². The summed E-state index contributed by atoms with van der Waals surface area (Å²) in [5, 5.41) is 3.16. The summed E-state index contributed by atoms with van der Waals surface area (Å²) in [6, 6.07) is 5.54. The number of anilines is 1. The third-order valence-electron chi connectivity index (χ3n) is 3.68. The molecule has 0 spiro atoms. The fourth-order valence-corrected chi connectivity index (χ4v) is 3.94. The molecule has 1 fully saturated rings. The predicted molar refractivity (Wildman–Crippen MR) is 90.2 cm³/mol. The number of amides is 1.